The predicted molar refractivity (Wildman–Crippen MR) is 131 cm³/mol. The van der Waals surface area contributed by atoms with E-state index in [0.29, 0.717) is 27.3 Å². The average Bonchev–Trinajstić information content (AvgIpc) is 3.25. The van der Waals surface area contributed by atoms with Gasteiger partial charge >= 0.3 is 0 Å². The minimum atomic E-state index is -0.278. The summed E-state index contributed by atoms with van der Waals surface area (Å²) in [5.74, 6) is 0.648. The van der Waals surface area contributed by atoms with Crippen LogP contribution >= 0.6 is 22.9 Å². The number of halogens is 1. The van der Waals surface area contributed by atoms with Crippen molar-refractivity contribution >= 4 is 56.0 Å². The van der Waals surface area contributed by atoms with E-state index in [9.17, 15) is 4.79 Å². The molecule has 1 amide bonds. The number of carbonyl (C=O) groups is 1. The molecule has 0 saturated carbocycles. The number of carbonyl (C=O) groups excluding carboxylic acids is 1. The zero-order valence-corrected chi connectivity index (χ0v) is 19.1. The third-order valence-electron chi connectivity index (χ3n) is 4.66. The number of fused-ring (bicyclic) bond motifs is 1. The van der Waals surface area contributed by atoms with Gasteiger partial charge < -0.3 is 9.47 Å². The molecule has 4 rings (SSSR count). The first-order chi connectivity index (χ1) is 16.1. The third-order valence-corrected chi connectivity index (χ3v) is 5.92. The lowest BCUT2D eigenvalue weighted by atomic mass is 10.2. The molecule has 1 heterocycles. The Kier molecular flexibility index (Phi) is 6.89. The molecular weight excluding hydrogens is 458 g/mol. The van der Waals surface area contributed by atoms with Crippen molar-refractivity contribution in [3.05, 3.63) is 83.4 Å². The molecule has 0 unspecified atom stereocenters. The molecule has 8 heteroatoms. The fourth-order valence-corrected chi connectivity index (χ4v) is 4.34. The van der Waals surface area contributed by atoms with Crippen LogP contribution in [-0.2, 0) is 4.79 Å². The van der Waals surface area contributed by atoms with Crippen LogP contribution in [0.25, 0.3) is 16.3 Å². The number of hydrogen-bond acceptors (Lipinski definition) is 6. The highest BCUT2D eigenvalue weighted by atomic mass is 35.5. The Morgan fingerprint density at radius 1 is 1.15 bits per heavy atom. The summed E-state index contributed by atoms with van der Waals surface area (Å²) in [4.78, 5) is 19.5. The number of anilines is 2. The molecule has 0 aliphatic rings. The largest absolute Gasteiger partial charge is 0.493 e. The van der Waals surface area contributed by atoms with Crippen molar-refractivity contribution in [1.82, 2.24) is 4.98 Å². The molecule has 0 aliphatic heterocycles. The van der Waals surface area contributed by atoms with Gasteiger partial charge in [-0.3, -0.25) is 9.69 Å². The Hall–Kier alpha value is -3.86. The van der Waals surface area contributed by atoms with Gasteiger partial charge in [0.1, 0.15) is 6.07 Å². The molecule has 4 aromatic rings. The van der Waals surface area contributed by atoms with Gasteiger partial charge in [0, 0.05) is 11.1 Å². The molecule has 0 radical (unpaired) electrons. The molecule has 0 fully saturated rings. The van der Waals surface area contributed by atoms with Crippen LogP contribution in [0, 0.1) is 11.3 Å². The normalized spacial score (nSPS) is 10.8. The van der Waals surface area contributed by atoms with Gasteiger partial charge in [0.15, 0.2) is 23.2 Å². The van der Waals surface area contributed by atoms with E-state index in [0.717, 1.165) is 15.8 Å². The highest BCUT2D eigenvalue weighted by Gasteiger charge is 2.20. The van der Waals surface area contributed by atoms with Gasteiger partial charge in [-0.05, 0) is 54.1 Å². The number of nitriles is 1. The molecule has 164 valence electrons. The van der Waals surface area contributed by atoms with Gasteiger partial charge in [0.25, 0.3) is 5.91 Å². The van der Waals surface area contributed by atoms with E-state index in [1.54, 1.807) is 42.5 Å². The molecule has 1 aromatic heterocycles. The van der Waals surface area contributed by atoms with Crippen molar-refractivity contribution < 1.29 is 14.3 Å². The van der Waals surface area contributed by atoms with Gasteiger partial charge in [0.2, 0.25) is 0 Å². The van der Waals surface area contributed by atoms with E-state index in [1.165, 1.54) is 29.4 Å². The van der Waals surface area contributed by atoms with Gasteiger partial charge in [0.05, 0.1) is 23.0 Å². The molecule has 0 atom stereocenters. The molecule has 6 nitrogen and oxygen atoms in total. The van der Waals surface area contributed by atoms with Gasteiger partial charge in [-0.1, -0.05) is 47.2 Å². The summed E-state index contributed by atoms with van der Waals surface area (Å²) in [6.07, 6.45) is 3.15. The monoisotopic (exact) mass is 475 g/mol. The second kappa shape index (κ2) is 10.2. The summed E-state index contributed by atoms with van der Waals surface area (Å²) < 4.78 is 11.7. The molecule has 0 bridgehead atoms. The van der Waals surface area contributed by atoms with Crippen molar-refractivity contribution in [3.63, 3.8) is 0 Å². The molecule has 3 aromatic carbocycles. The Labute approximate surface area is 199 Å². The lowest BCUT2D eigenvalue weighted by molar-refractivity contribution is -0.113. The Balaban J connectivity index is 1.67. The van der Waals surface area contributed by atoms with Crippen LogP contribution in [0.3, 0.4) is 0 Å². The van der Waals surface area contributed by atoms with Crippen molar-refractivity contribution in [3.8, 4) is 17.6 Å². The maximum absolute atomic E-state index is 13.3. The number of aromatic nitrogens is 1. The van der Waals surface area contributed by atoms with Crippen LogP contribution in [0.4, 0.5) is 10.8 Å². The Bertz CT molecular complexity index is 1340. The minimum absolute atomic E-state index is 0.0825. The van der Waals surface area contributed by atoms with E-state index in [-0.39, 0.29) is 12.5 Å². The number of thiazole rings is 1. The smallest absolute Gasteiger partial charge is 0.257 e. The van der Waals surface area contributed by atoms with E-state index >= 15 is 0 Å². The zero-order valence-electron chi connectivity index (χ0n) is 17.6. The van der Waals surface area contributed by atoms with Crippen molar-refractivity contribution in [2.75, 3.05) is 18.6 Å². The summed E-state index contributed by atoms with van der Waals surface area (Å²) in [6.45, 7) is -0.0825. The highest BCUT2D eigenvalue weighted by molar-refractivity contribution is 7.22. The van der Waals surface area contributed by atoms with Gasteiger partial charge in [-0.15, -0.1) is 0 Å². The van der Waals surface area contributed by atoms with Crippen molar-refractivity contribution in [2.45, 2.75) is 0 Å². The summed E-state index contributed by atoms with van der Waals surface area (Å²) in [5.41, 5.74) is 2.17. The number of benzene rings is 3. The van der Waals surface area contributed by atoms with E-state index < -0.39 is 0 Å². The maximum Gasteiger partial charge on any atom is 0.257 e. The number of ether oxygens (including phenoxy) is 2. The fourth-order valence-electron chi connectivity index (χ4n) is 3.16. The maximum atomic E-state index is 13.3. The first-order valence-electron chi connectivity index (χ1n) is 9.90. The van der Waals surface area contributed by atoms with Gasteiger partial charge in [-0.2, -0.15) is 5.26 Å². The molecule has 33 heavy (non-hydrogen) atoms. The first-order valence-corrected chi connectivity index (χ1v) is 11.1. The summed E-state index contributed by atoms with van der Waals surface area (Å²) >= 11 is 7.62. The standard InChI is InChI=1S/C25H18ClN3O3S/c1-31-22-15-17(9-11-21(22)32-14-13-27)10-12-24(30)29(19-6-4-5-18(26)16-19)25-28-20-7-2-3-8-23(20)33-25/h2-12,15-16H,14H2,1H3/b12-10+. The molecule has 0 aliphatic carbocycles. The Morgan fingerprint density at radius 2 is 2.00 bits per heavy atom. The van der Waals surface area contributed by atoms with Crippen LogP contribution in [0.1, 0.15) is 5.56 Å². The van der Waals surface area contributed by atoms with Crippen molar-refractivity contribution in [2.24, 2.45) is 0 Å². The van der Waals surface area contributed by atoms with Crippen molar-refractivity contribution in [1.29, 1.82) is 5.26 Å². The van der Waals surface area contributed by atoms with Crippen LogP contribution in [0.5, 0.6) is 11.5 Å². The number of nitrogens with zero attached hydrogens (tertiary/aromatic N) is 3. The summed E-state index contributed by atoms with van der Waals surface area (Å²) in [6, 6.07) is 21.9. The SMILES string of the molecule is COc1cc(/C=C/C(=O)N(c2cccc(Cl)c2)c2nc3ccccc3s2)ccc1OCC#N. The average molecular weight is 476 g/mol. The van der Waals surface area contributed by atoms with Crippen LogP contribution in [0.2, 0.25) is 5.02 Å². The summed E-state index contributed by atoms with van der Waals surface area (Å²) in [7, 11) is 1.52. The minimum Gasteiger partial charge on any atom is -0.493 e. The second-order valence-electron chi connectivity index (χ2n) is 6.81. The van der Waals surface area contributed by atoms with E-state index in [1.807, 2.05) is 36.4 Å². The van der Waals surface area contributed by atoms with Crippen LogP contribution in [0.15, 0.2) is 72.8 Å². The summed E-state index contributed by atoms with van der Waals surface area (Å²) in [5, 5.41) is 9.78. The quantitative estimate of drug-likeness (QED) is 0.296. The molecular formula is C25H18ClN3O3S. The van der Waals surface area contributed by atoms with Crippen LogP contribution in [-0.4, -0.2) is 24.6 Å². The van der Waals surface area contributed by atoms with Crippen LogP contribution < -0.4 is 14.4 Å². The number of hydrogen-bond donors (Lipinski definition) is 0. The number of amides is 1. The topological polar surface area (TPSA) is 75.4 Å². The Morgan fingerprint density at radius 3 is 2.76 bits per heavy atom. The predicted octanol–water partition coefficient (Wildman–Crippen LogP) is 6.24. The lowest BCUT2D eigenvalue weighted by Crippen LogP contribution is -2.23. The highest BCUT2D eigenvalue weighted by Crippen LogP contribution is 2.35. The number of rotatable bonds is 7. The second-order valence-corrected chi connectivity index (χ2v) is 8.25. The van der Waals surface area contributed by atoms with Gasteiger partial charge in [-0.25, -0.2) is 4.98 Å². The molecule has 0 N–H and O–H groups in total. The first kappa shape index (κ1) is 22.3. The third kappa shape index (κ3) is 5.14. The van der Waals surface area contributed by atoms with E-state index in [4.69, 9.17) is 26.3 Å². The molecule has 0 saturated heterocycles. The zero-order chi connectivity index (χ0) is 23.2. The number of para-hydroxylation sites is 1. The molecule has 0 spiro atoms. The van der Waals surface area contributed by atoms with E-state index in [2.05, 4.69) is 4.98 Å². The fraction of sp³-hybridized carbons (Fsp3) is 0.0800. The lowest BCUT2D eigenvalue weighted by Gasteiger charge is -2.18. The number of methoxy groups -OCH3 is 1.